The van der Waals surface area contributed by atoms with Crippen molar-refractivity contribution in [3.63, 3.8) is 0 Å². The van der Waals surface area contributed by atoms with Crippen LogP contribution in [0, 0.1) is 0 Å². The molecule has 1 aromatic carbocycles. The third kappa shape index (κ3) is 3.62. The van der Waals surface area contributed by atoms with E-state index in [9.17, 15) is 9.90 Å². The lowest BCUT2D eigenvalue weighted by atomic mass is 10.1. The molecule has 0 fully saturated rings. The lowest BCUT2D eigenvalue weighted by Gasteiger charge is -2.16. The number of carbonyl (C=O) groups excluding carboxylic acids is 1. The third-order valence-corrected chi connectivity index (χ3v) is 3.54. The van der Waals surface area contributed by atoms with E-state index >= 15 is 0 Å². The fourth-order valence-corrected chi connectivity index (χ4v) is 2.20. The van der Waals surface area contributed by atoms with Gasteiger partial charge < -0.3 is 10.4 Å². The van der Waals surface area contributed by atoms with Gasteiger partial charge in [-0.2, -0.15) is 5.10 Å². The summed E-state index contributed by atoms with van der Waals surface area (Å²) in [6.07, 6.45) is 0.766. The van der Waals surface area contributed by atoms with Gasteiger partial charge in [0.1, 0.15) is 5.69 Å². The molecule has 1 amide bonds. The van der Waals surface area contributed by atoms with E-state index in [-0.39, 0.29) is 12.5 Å². The summed E-state index contributed by atoms with van der Waals surface area (Å²) < 4.78 is 1.55. The molecule has 2 aromatic rings. The van der Waals surface area contributed by atoms with E-state index in [0.29, 0.717) is 10.7 Å². The van der Waals surface area contributed by atoms with E-state index in [0.717, 1.165) is 17.7 Å². The molecule has 1 atom stereocenters. The van der Waals surface area contributed by atoms with Gasteiger partial charge in [-0.15, -0.1) is 0 Å². The Bertz CT molecular complexity index is 622. The molecule has 0 bridgehead atoms. The summed E-state index contributed by atoms with van der Waals surface area (Å²) in [4.78, 5) is 12.3. The summed E-state index contributed by atoms with van der Waals surface area (Å²) in [6.45, 7) is 1.79. The number of amides is 1. The molecule has 2 N–H and O–H groups in total. The molecule has 0 radical (unpaired) electrons. The molecular weight excluding hydrogens is 290 g/mol. The molecular formula is C15H18ClN3O2. The summed E-state index contributed by atoms with van der Waals surface area (Å²) >= 11 is 5.84. The lowest BCUT2D eigenvalue weighted by Crippen LogP contribution is -2.32. The number of rotatable bonds is 5. The molecule has 1 aromatic heterocycles. The van der Waals surface area contributed by atoms with Crippen molar-refractivity contribution >= 4 is 17.5 Å². The molecule has 21 heavy (non-hydrogen) atoms. The fraction of sp³-hybridized carbons (Fsp3) is 0.333. The van der Waals surface area contributed by atoms with E-state index in [4.69, 9.17) is 11.6 Å². The summed E-state index contributed by atoms with van der Waals surface area (Å²) in [5.74, 6) is -0.265. The highest BCUT2D eigenvalue weighted by atomic mass is 35.5. The topological polar surface area (TPSA) is 67.2 Å². The number of benzene rings is 1. The van der Waals surface area contributed by atoms with Crippen molar-refractivity contribution < 1.29 is 9.90 Å². The number of halogens is 1. The number of aryl methyl sites for hydroxylation is 2. The number of aromatic nitrogens is 2. The van der Waals surface area contributed by atoms with Gasteiger partial charge in [0, 0.05) is 12.1 Å². The molecule has 0 aliphatic rings. The second kappa shape index (κ2) is 6.74. The Balaban J connectivity index is 2.15. The van der Waals surface area contributed by atoms with Gasteiger partial charge in [-0.25, -0.2) is 0 Å². The highest BCUT2D eigenvalue weighted by molar-refractivity contribution is 6.30. The van der Waals surface area contributed by atoms with Crippen LogP contribution in [-0.2, 0) is 13.5 Å². The second-order valence-corrected chi connectivity index (χ2v) is 5.19. The summed E-state index contributed by atoms with van der Waals surface area (Å²) in [6, 6.07) is 8.30. The minimum atomic E-state index is -0.477. The maximum Gasteiger partial charge on any atom is 0.270 e. The average molecular weight is 308 g/mol. The summed E-state index contributed by atoms with van der Waals surface area (Å²) in [5.41, 5.74) is 2.13. The Kier molecular flexibility index (Phi) is 4.98. The second-order valence-electron chi connectivity index (χ2n) is 4.76. The number of aliphatic hydroxyl groups excluding tert-OH is 1. The van der Waals surface area contributed by atoms with Gasteiger partial charge in [0.2, 0.25) is 0 Å². The standard InChI is InChI=1S/C15H18ClN3O2/c1-3-12-8-14(19(2)18-12)15(21)17-13(9-20)10-4-6-11(16)7-5-10/h4-8,13,20H,3,9H2,1-2H3,(H,17,21). The van der Waals surface area contributed by atoms with Crippen LogP contribution in [0.1, 0.15) is 34.7 Å². The minimum Gasteiger partial charge on any atom is -0.394 e. The number of nitrogens with zero attached hydrogens (tertiary/aromatic N) is 2. The molecule has 0 saturated carbocycles. The van der Waals surface area contributed by atoms with Crippen molar-refractivity contribution in [2.75, 3.05) is 6.61 Å². The zero-order chi connectivity index (χ0) is 15.4. The first-order chi connectivity index (χ1) is 10.0. The number of carbonyl (C=O) groups is 1. The first-order valence-electron chi connectivity index (χ1n) is 6.75. The Morgan fingerprint density at radius 2 is 2.10 bits per heavy atom. The van der Waals surface area contributed by atoms with Gasteiger partial charge in [0.15, 0.2) is 0 Å². The Morgan fingerprint density at radius 3 is 2.62 bits per heavy atom. The molecule has 1 unspecified atom stereocenters. The van der Waals surface area contributed by atoms with Gasteiger partial charge in [-0.3, -0.25) is 9.48 Å². The zero-order valence-electron chi connectivity index (χ0n) is 12.0. The lowest BCUT2D eigenvalue weighted by molar-refractivity contribution is 0.0906. The third-order valence-electron chi connectivity index (χ3n) is 3.29. The van der Waals surface area contributed by atoms with E-state index in [1.807, 2.05) is 6.92 Å². The van der Waals surface area contributed by atoms with Crippen LogP contribution in [-0.4, -0.2) is 27.4 Å². The Hall–Kier alpha value is -1.85. The molecule has 6 heteroatoms. The van der Waals surface area contributed by atoms with Gasteiger partial charge in [-0.1, -0.05) is 30.7 Å². The van der Waals surface area contributed by atoms with Gasteiger partial charge in [0.25, 0.3) is 5.91 Å². The van der Waals surface area contributed by atoms with Crippen LogP contribution in [0.25, 0.3) is 0 Å². The highest BCUT2D eigenvalue weighted by Gasteiger charge is 2.18. The van der Waals surface area contributed by atoms with E-state index < -0.39 is 6.04 Å². The van der Waals surface area contributed by atoms with Crippen molar-refractivity contribution in [3.05, 3.63) is 52.3 Å². The summed E-state index contributed by atoms with van der Waals surface area (Å²) in [5, 5.41) is 17.2. The van der Waals surface area contributed by atoms with Gasteiger partial charge in [-0.05, 0) is 30.2 Å². The summed E-state index contributed by atoms with van der Waals surface area (Å²) in [7, 11) is 1.73. The van der Waals surface area contributed by atoms with Crippen LogP contribution in [0.15, 0.2) is 30.3 Å². The van der Waals surface area contributed by atoms with Crippen LogP contribution < -0.4 is 5.32 Å². The smallest absolute Gasteiger partial charge is 0.270 e. The maximum absolute atomic E-state index is 12.3. The SMILES string of the molecule is CCc1cc(C(=O)NC(CO)c2ccc(Cl)cc2)n(C)n1. The van der Waals surface area contributed by atoms with Gasteiger partial charge in [0.05, 0.1) is 18.3 Å². The van der Waals surface area contributed by atoms with E-state index in [1.165, 1.54) is 0 Å². The molecule has 112 valence electrons. The monoisotopic (exact) mass is 307 g/mol. The van der Waals surface area contributed by atoms with Crippen LogP contribution >= 0.6 is 11.6 Å². The van der Waals surface area contributed by atoms with Crippen LogP contribution in [0.5, 0.6) is 0 Å². The first kappa shape index (κ1) is 15.5. The minimum absolute atomic E-state index is 0.189. The number of nitrogens with one attached hydrogen (secondary N) is 1. The van der Waals surface area contributed by atoms with E-state index in [2.05, 4.69) is 10.4 Å². The predicted octanol–water partition coefficient (Wildman–Crippen LogP) is 2.10. The van der Waals surface area contributed by atoms with E-state index in [1.54, 1.807) is 42.1 Å². The molecule has 0 aliphatic heterocycles. The molecule has 5 nitrogen and oxygen atoms in total. The first-order valence-corrected chi connectivity index (χ1v) is 7.13. The molecule has 0 saturated heterocycles. The van der Waals surface area contributed by atoms with Gasteiger partial charge >= 0.3 is 0 Å². The number of hydrogen-bond donors (Lipinski definition) is 2. The van der Waals surface area contributed by atoms with Crippen molar-refractivity contribution in [3.8, 4) is 0 Å². The predicted molar refractivity (Wildman–Crippen MR) is 81.3 cm³/mol. The Labute approximate surface area is 128 Å². The normalized spacial score (nSPS) is 12.2. The Morgan fingerprint density at radius 1 is 1.43 bits per heavy atom. The maximum atomic E-state index is 12.3. The van der Waals surface area contributed by atoms with Crippen molar-refractivity contribution in [2.45, 2.75) is 19.4 Å². The number of hydrogen-bond acceptors (Lipinski definition) is 3. The molecule has 2 rings (SSSR count). The number of aliphatic hydroxyl groups is 1. The highest BCUT2D eigenvalue weighted by Crippen LogP contribution is 2.17. The van der Waals surface area contributed by atoms with Crippen LogP contribution in [0.2, 0.25) is 5.02 Å². The zero-order valence-corrected chi connectivity index (χ0v) is 12.8. The fourth-order valence-electron chi connectivity index (χ4n) is 2.07. The van der Waals surface area contributed by atoms with Crippen LogP contribution in [0.4, 0.5) is 0 Å². The van der Waals surface area contributed by atoms with Crippen molar-refractivity contribution in [1.82, 2.24) is 15.1 Å². The van der Waals surface area contributed by atoms with Crippen LogP contribution in [0.3, 0.4) is 0 Å². The molecule has 0 spiro atoms. The van der Waals surface area contributed by atoms with Crippen molar-refractivity contribution in [1.29, 1.82) is 0 Å². The average Bonchev–Trinajstić information content (AvgIpc) is 2.87. The van der Waals surface area contributed by atoms with Crippen molar-refractivity contribution in [2.24, 2.45) is 7.05 Å². The molecule has 1 heterocycles. The quantitative estimate of drug-likeness (QED) is 0.889. The molecule has 0 aliphatic carbocycles. The largest absolute Gasteiger partial charge is 0.394 e.